The van der Waals surface area contributed by atoms with E-state index in [0.29, 0.717) is 5.69 Å². The molecule has 1 amide bonds. The molecule has 6 nitrogen and oxygen atoms in total. The molecule has 0 radical (unpaired) electrons. The van der Waals surface area contributed by atoms with E-state index in [4.69, 9.17) is 10.8 Å². The van der Waals surface area contributed by atoms with Crippen LogP contribution in [-0.4, -0.2) is 22.0 Å². The van der Waals surface area contributed by atoms with Crippen molar-refractivity contribution in [3.8, 4) is 0 Å². The van der Waals surface area contributed by atoms with Gasteiger partial charge in [0.2, 0.25) is 0 Å². The van der Waals surface area contributed by atoms with Crippen molar-refractivity contribution in [1.82, 2.24) is 4.98 Å². The van der Waals surface area contributed by atoms with Crippen LogP contribution in [0.25, 0.3) is 0 Å². The summed E-state index contributed by atoms with van der Waals surface area (Å²) in [6, 6.07) is 9.00. The van der Waals surface area contributed by atoms with Gasteiger partial charge >= 0.3 is 5.97 Å². The van der Waals surface area contributed by atoms with Gasteiger partial charge in [0.15, 0.2) is 0 Å². The van der Waals surface area contributed by atoms with Gasteiger partial charge in [0.1, 0.15) is 5.82 Å². The molecular weight excluding hydrogens is 246 g/mol. The summed E-state index contributed by atoms with van der Waals surface area (Å²) >= 11 is 0. The van der Waals surface area contributed by atoms with Crippen molar-refractivity contribution in [2.75, 3.05) is 11.1 Å². The Morgan fingerprint density at radius 1 is 1.16 bits per heavy atom. The molecule has 0 spiro atoms. The monoisotopic (exact) mass is 257 g/mol. The minimum atomic E-state index is -1.02. The lowest BCUT2D eigenvalue weighted by Gasteiger charge is -2.06. The third kappa shape index (κ3) is 2.86. The van der Waals surface area contributed by atoms with Gasteiger partial charge in [-0.3, -0.25) is 4.79 Å². The van der Waals surface area contributed by atoms with Gasteiger partial charge in [-0.1, -0.05) is 0 Å². The number of hydrogen-bond donors (Lipinski definition) is 3. The predicted octanol–water partition coefficient (Wildman–Crippen LogP) is 1.61. The third-order valence-corrected chi connectivity index (χ3v) is 2.47. The second kappa shape index (κ2) is 5.18. The Morgan fingerprint density at radius 3 is 2.42 bits per heavy atom. The Bertz CT molecular complexity index is 623. The molecule has 2 rings (SSSR count). The normalized spacial score (nSPS) is 9.89. The highest BCUT2D eigenvalue weighted by Gasteiger charge is 2.10. The molecule has 96 valence electrons. The highest BCUT2D eigenvalue weighted by Crippen LogP contribution is 2.13. The first kappa shape index (κ1) is 12.6. The average molecular weight is 257 g/mol. The average Bonchev–Trinajstić information content (AvgIpc) is 2.39. The Morgan fingerprint density at radius 2 is 1.84 bits per heavy atom. The smallest absolute Gasteiger partial charge is 0.335 e. The molecule has 0 saturated heterocycles. The fraction of sp³-hybridized carbons (Fsp3) is 0. The number of rotatable bonds is 3. The van der Waals surface area contributed by atoms with Crippen molar-refractivity contribution in [1.29, 1.82) is 0 Å². The number of anilines is 2. The summed E-state index contributed by atoms with van der Waals surface area (Å²) in [6.45, 7) is 0. The number of hydrogen-bond acceptors (Lipinski definition) is 4. The SMILES string of the molecule is Nc1ncccc1C(=O)Nc1ccc(C(=O)O)cc1. The van der Waals surface area contributed by atoms with Gasteiger partial charge in [-0.15, -0.1) is 0 Å². The maximum absolute atomic E-state index is 11.9. The standard InChI is InChI=1S/C13H11N3O3/c14-11-10(2-1-7-15-11)12(17)16-9-5-3-8(4-6-9)13(18)19/h1-7H,(H2,14,15)(H,16,17)(H,18,19). The van der Waals surface area contributed by atoms with E-state index in [1.807, 2.05) is 0 Å². The van der Waals surface area contributed by atoms with Crippen LogP contribution >= 0.6 is 0 Å². The number of nitrogens with two attached hydrogens (primary N) is 1. The van der Waals surface area contributed by atoms with Crippen LogP contribution in [0.2, 0.25) is 0 Å². The Labute approximate surface area is 108 Å². The van der Waals surface area contributed by atoms with Crippen molar-refractivity contribution in [2.45, 2.75) is 0 Å². The molecule has 1 aromatic heterocycles. The predicted molar refractivity (Wildman–Crippen MR) is 70.0 cm³/mol. The van der Waals surface area contributed by atoms with E-state index in [9.17, 15) is 9.59 Å². The Hall–Kier alpha value is -2.89. The van der Waals surface area contributed by atoms with E-state index in [2.05, 4.69) is 10.3 Å². The molecule has 6 heteroatoms. The number of amides is 1. The van der Waals surface area contributed by atoms with Crippen molar-refractivity contribution in [2.24, 2.45) is 0 Å². The van der Waals surface area contributed by atoms with E-state index in [1.165, 1.54) is 30.5 Å². The minimum Gasteiger partial charge on any atom is -0.478 e. The van der Waals surface area contributed by atoms with Crippen molar-refractivity contribution in [3.63, 3.8) is 0 Å². The second-order valence-corrected chi connectivity index (χ2v) is 3.77. The van der Waals surface area contributed by atoms with Gasteiger partial charge in [-0.25, -0.2) is 9.78 Å². The molecule has 4 N–H and O–H groups in total. The molecule has 1 heterocycles. The molecule has 0 fully saturated rings. The number of aromatic carboxylic acids is 1. The highest BCUT2D eigenvalue weighted by molar-refractivity contribution is 6.07. The van der Waals surface area contributed by atoms with E-state index < -0.39 is 11.9 Å². The summed E-state index contributed by atoms with van der Waals surface area (Å²) < 4.78 is 0. The Kier molecular flexibility index (Phi) is 3.42. The third-order valence-electron chi connectivity index (χ3n) is 2.47. The number of nitrogens with zero attached hydrogens (tertiary/aromatic N) is 1. The van der Waals surface area contributed by atoms with Crippen LogP contribution in [0.5, 0.6) is 0 Å². The van der Waals surface area contributed by atoms with E-state index >= 15 is 0 Å². The van der Waals surface area contributed by atoms with Gasteiger partial charge in [0, 0.05) is 11.9 Å². The van der Waals surface area contributed by atoms with Crippen LogP contribution in [0, 0.1) is 0 Å². The molecule has 2 aromatic rings. The largest absolute Gasteiger partial charge is 0.478 e. The molecule has 0 saturated carbocycles. The summed E-state index contributed by atoms with van der Waals surface area (Å²) in [6.07, 6.45) is 1.49. The summed E-state index contributed by atoms with van der Waals surface area (Å²) in [5.74, 6) is -1.27. The van der Waals surface area contributed by atoms with Crippen LogP contribution in [0.4, 0.5) is 11.5 Å². The number of carboxylic acids is 1. The van der Waals surface area contributed by atoms with Crippen LogP contribution in [0.3, 0.4) is 0 Å². The number of benzene rings is 1. The fourth-order valence-electron chi connectivity index (χ4n) is 1.50. The van der Waals surface area contributed by atoms with Crippen molar-refractivity contribution < 1.29 is 14.7 Å². The summed E-state index contributed by atoms with van der Waals surface area (Å²) in [4.78, 5) is 26.4. The molecule has 0 atom stereocenters. The second-order valence-electron chi connectivity index (χ2n) is 3.77. The minimum absolute atomic E-state index is 0.141. The molecule has 19 heavy (non-hydrogen) atoms. The molecule has 0 unspecified atom stereocenters. The van der Waals surface area contributed by atoms with E-state index in [-0.39, 0.29) is 16.9 Å². The molecule has 0 aliphatic rings. The topological polar surface area (TPSA) is 105 Å². The first-order valence-corrected chi connectivity index (χ1v) is 5.43. The lowest BCUT2D eigenvalue weighted by molar-refractivity contribution is 0.0696. The maximum atomic E-state index is 11.9. The Balaban J connectivity index is 2.15. The molecule has 0 bridgehead atoms. The number of aromatic nitrogens is 1. The quantitative estimate of drug-likeness (QED) is 0.774. The highest BCUT2D eigenvalue weighted by atomic mass is 16.4. The van der Waals surface area contributed by atoms with Crippen molar-refractivity contribution >= 4 is 23.4 Å². The number of carboxylic acid groups (broad SMARTS) is 1. The number of nitrogen functional groups attached to an aromatic ring is 1. The number of pyridine rings is 1. The zero-order valence-electron chi connectivity index (χ0n) is 9.83. The van der Waals surface area contributed by atoms with Gasteiger partial charge in [0.05, 0.1) is 11.1 Å². The fourth-order valence-corrected chi connectivity index (χ4v) is 1.50. The zero-order valence-corrected chi connectivity index (χ0v) is 9.83. The first-order chi connectivity index (χ1) is 9.08. The van der Waals surface area contributed by atoms with Crippen LogP contribution in [-0.2, 0) is 0 Å². The molecule has 1 aromatic carbocycles. The van der Waals surface area contributed by atoms with Gasteiger partial charge in [-0.2, -0.15) is 0 Å². The summed E-state index contributed by atoms with van der Waals surface area (Å²) in [5.41, 5.74) is 6.49. The van der Waals surface area contributed by atoms with Gasteiger partial charge < -0.3 is 16.2 Å². The molecular formula is C13H11N3O3. The van der Waals surface area contributed by atoms with Crippen LogP contribution < -0.4 is 11.1 Å². The first-order valence-electron chi connectivity index (χ1n) is 5.43. The van der Waals surface area contributed by atoms with Crippen LogP contribution in [0.15, 0.2) is 42.6 Å². The molecule has 0 aliphatic heterocycles. The maximum Gasteiger partial charge on any atom is 0.335 e. The number of carbonyl (C=O) groups excluding carboxylic acids is 1. The van der Waals surface area contributed by atoms with E-state index in [0.717, 1.165) is 0 Å². The van der Waals surface area contributed by atoms with Gasteiger partial charge in [0.25, 0.3) is 5.91 Å². The number of carbonyl (C=O) groups is 2. The van der Waals surface area contributed by atoms with Gasteiger partial charge in [-0.05, 0) is 36.4 Å². The summed E-state index contributed by atoms with van der Waals surface area (Å²) in [7, 11) is 0. The lowest BCUT2D eigenvalue weighted by atomic mass is 10.2. The van der Waals surface area contributed by atoms with Crippen molar-refractivity contribution in [3.05, 3.63) is 53.7 Å². The summed E-state index contributed by atoms with van der Waals surface area (Å²) in [5, 5.41) is 11.4. The lowest BCUT2D eigenvalue weighted by Crippen LogP contribution is -2.14. The number of nitrogens with one attached hydrogen (secondary N) is 1. The van der Waals surface area contributed by atoms with E-state index in [1.54, 1.807) is 12.1 Å². The zero-order chi connectivity index (χ0) is 13.8. The molecule has 0 aliphatic carbocycles. The van der Waals surface area contributed by atoms with Crippen LogP contribution in [0.1, 0.15) is 20.7 Å².